The molecule has 1 saturated carbocycles. The predicted octanol–water partition coefficient (Wildman–Crippen LogP) is 6.21. The first kappa shape index (κ1) is 25.4. The number of aromatic nitrogens is 2. The molecule has 1 aliphatic rings. The fourth-order valence-electron chi connectivity index (χ4n) is 4.69. The molecule has 1 aliphatic carbocycles. The second-order valence-corrected chi connectivity index (χ2v) is 10.3. The third-order valence-electron chi connectivity index (χ3n) is 6.59. The Bertz CT molecular complexity index is 1280. The minimum atomic E-state index is -0.630. The van der Waals surface area contributed by atoms with Crippen LogP contribution in [0.2, 0.25) is 5.02 Å². The third kappa shape index (κ3) is 5.59. The SMILES string of the molecule is CCCCC1CCC(C(=O)Nc2scc3c(C(=O)OCC)nn(-c4cccc(Cl)c4)c(=O)c23)CC1. The summed E-state index contributed by atoms with van der Waals surface area (Å²) in [7, 11) is 0. The summed E-state index contributed by atoms with van der Waals surface area (Å²) in [4.78, 5) is 39.3. The molecule has 0 saturated heterocycles. The lowest BCUT2D eigenvalue weighted by atomic mass is 9.79. The van der Waals surface area contributed by atoms with Crippen LogP contribution >= 0.6 is 22.9 Å². The summed E-state index contributed by atoms with van der Waals surface area (Å²) in [6.07, 6.45) is 7.48. The van der Waals surface area contributed by atoms with Gasteiger partial charge < -0.3 is 10.1 Å². The van der Waals surface area contributed by atoms with E-state index < -0.39 is 11.5 Å². The number of anilines is 1. The molecule has 2 aromatic heterocycles. The van der Waals surface area contributed by atoms with Crippen molar-refractivity contribution in [1.82, 2.24) is 9.78 Å². The zero-order chi connectivity index (χ0) is 24.9. The largest absolute Gasteiger partial charge is 0.461 e. The Morgan fingerprint density at radius 2 is 2.00 bits per heavy atom. The van der Waals surface area contributed by atoms with Gasteiger partial charge in [0.1, 0.15) is 5.00 Å². The number of carbonyl (C=O) groups is 2. The summed E-state index contributed by atoms with van der Waals surface area (Å²) >= 11 is 7.35. The van der Waals surface area contributed by atoms with Gasteiger partial charge in [0, 0.05) is 21.7 Å². The zero-order valence-electron chi connectivity index (χ0n) is 20.0. The number of halogens is 1. The lowest BCUT2D eigenvalue weighted by Gasteiger charge is -2.27. The normalized spacial score (nSPS) is 17.9. The number of amides is 1. The van der Waals surface area contributed by atoms with E-state index in [-0.39, 0.29) is 29.5 Å². The summed E-state index contributed by atoms with van der Waals surface area (Å²) < 4.78 is 6.33. The third-order valence-corrected chi connectivity index (χ3v) is 7.72. The van der Waals surface area contributed by atoms with Gasteiger partial charge in [-0.25, -0.2) is 4.79 Å². The van der Waals surface area contributed by atoms with Crippen LogP contribution in [0, 0.1) is 11.8 Å². The highest BCUT2D eigenvalue weighted by atomic mass is 35.5. The minimum absolute atomic E-state index is 0.0228. The van der Waals surface area contributed by atoms with Crippen LogP contribution in [0.25, 0.3) is 16.5 Å². The van der Waals surface area contributed by atoms with Crippen LogP contribution in [-0.4, -0.2) is 28.3 Å². The van der Waals surface area contributed by atoms with Gasteiger partial charge in [-0.3, -0.25) is 9.59 Å². The molecule has 1 N–H and O–H groups in total. The van der Waals surface area contributed by atoms with Crippen LogP contribution < -0.4 is 10.9 Å². The molecule has 1 amide bonds. The van der Waals surface area contributed by atoms with Crippen molar-refractivity contribution in [3.63, 3.8) is 0 Å². The fourth-order valence-corrected chi connectivity index (χ4v) is 5.82. The van der Waals surface area contributed by atoms with Crippen molar-refractivity contribution in [1.29, 1.82) is 0 Å². The molecule has 186 valence electrons. The fraction of sp³-hybridized carbons (Fsp3) is 0.462. The molecule has 0 atom stereocenters. The highest BCUT2D eigenvalue weighted by Crippen LogP contribution is 2.35. The number of nitrogens with zero attached hydrogens (tertiary/aromatic N) is 2. The van der Waals surface area contributed by atoms with Crippen LogP contribution in [0.5, 0.6) is 0 Å². The van der Waals surface area contributed by atoms with Gasteiger partial charge in [0.2, 0.25) is 5.91 Å². The maximum atomic E-state index is 13.5. The predicted molar refractivity (Wildman–Crippen MR) is 140 cm³/mol. The van der Waals surface area contributed by atoms with Gasteiger partial charge in [-0.05, 0) is 56.7 Å². The number of esters is 1. The van der Waals surface area contributed by atoms with Gasteiger partial charge >= 0.3 is 5.97 Å². The van der Waals surface area contributed by atoms with Gasteiger partial charge in [-0.15, -0.1) is 11.3 Å². The standard InChI is InChI=1S/C26H30ClN3O4S/c1-3-5-7-16-10-12-17(13-11-16)23(31)28-24-21-20(15-35-24)22(26(33)34-4-2)29-30(25(21)32)19-9-6-8-18(27)14-19/h6,8-9,14-17H,3-5,7,10-13H2,1-2H3,(H,28,31). The summed E-state index contributed by atoms with van der Waals surface area (Å²) in [5, 5.41) is 10.4. The molecule has 1 fully saturated rings. The molecule has 2 heterocycles. The van der Waals surface area contributed by atoms with Crippen LogP contribution in [0.1, 0.15) is 69.3 Å². The summed E-state index contributed by atoms with van der Waals surface area (Å²) in [5.41, 5.74) is 0.00794. The first-order chi connectivity index (χ1) is 16.9. The highest BCUT2D eigenvalue weighted by molar-refractivity contribution is 7.16. The number of unbranched alkanes of at least 4 members (excludes halogenated alkanes) is 1. The van der Waals surface area contributed by atoms with E-state index in [0.29, 0.717) is 27.0 Å². The Morgan fingerprint density at radius 1 is 1.23 bits per heavy atom. The molecular weight excluding hydrogens is 486 g/mol. The van der Waals surface area contributed by atoms with Gasteiger partial charge in [-0.2, -0.15) is 9.78 Å². The molecular formula is C26H30ClN3O4S. The second kappa shape index (κ2) is 11.4. The number of rotatable bonds is 8. The van der Waals surface area contributed by atoms with Gasteiger partial charge in [0.05, 0.1) is 17.7 Å². The molecule has 0 bridgehead atoms. The molecule has 0 unspecified atom stereocenters. The number of ether oxygens (including phenoxy) is 1. The summed E-state index contributed by atoms with van der Waals surface area (Å²) in [5.74, 6) is -0.0866. The molecule has 0 spiro atoms. The Hall–Kier alpha value is -2.71. The maximum absolute atomic E-state index is 13.5. The van der Waals surface area contributed by atoms with E-state index >= 15 is 0 Å². The number of carbonyl (C=O) groups excluding carboxylic acids is 2. The van der Waals surface area contributed by atoms with E-state index in [2.05, 4.69) is 17.3 Å². The van der Waals surface area contributed by atoms with E-state index in [4.69, 9.17) is 16.3 Å². The van der Waals surface area contributed by atoms with Crippen LogP contribution in [-0.2, 0) is 9.53 Å². The molecule has 1 aromatic carbocycles. The molecule has 35 heavy (non-hydrogen) atoms. The van der Waals surface area contributed by atoms with E-state index in [1.54, 1.807) is 36.6 Å². The van der Waals surface area contributed by atoms with E-state index in [1.807, 2.05) is 0 Å². The van der Waals surface area contributed by atoms with Gasteiger partial charge in [0.15, 0.2) is 5.69 Å². The Morgan fingerprint density at radius 3 is 2.69 bits per heavy atom. The van der Waals surface area contributed by atoms with Crippen LogP contribution in [0.4, 0.5) is 5.00 Å². The molecule has 0 radical (unpaired) electrons. The minimum Gasteiger partial charge on any atom is -0.461 e. The first-order valence-electron chi connectivity index (χ1n) is 12.2. The Balaban J connectivity index is 1.67. The number of hydrogen-bond acceptors (Lipinski definition) is 6. The molecule has 0 aliphatic heterocycles. The average molecular weight is 516 g/mol. The second-order valence-electron chi connectivity index (χ2n) is 8.97. The molecule has 9 heteroatoms. The van der Waals surface area contributed by atoms with Crippen LogP contribution in [0.15, 0.2) is 34.4 Å². The zero-order valence-corrected chi connectivity index (χ0v) is 21.6. The topological polar surface area (TPSA) is 90.3 Å². The molecule has 4 rings (SSSR count). The van der Waals surface area contributed by atoms with Gasteiger partial charge in [0.25, 0.3) is 5.56 Å². The summed E-state index contributed by atoms with van der Waals surface area (Å²) in [6, 6.07) is 6.67. The quantitative estimate of drug-likeness (QED) is 0.360. The van der Waals surface area contributed by atoms with Crippen molar-refractivity contribution in [3.05, 3.63) is 50.7 Å². The first-order valence-corrected chi connectivity index (χ1v) is 13.5. The van der Waals surface area contributed by atoms with Crippen molar-refractivity contribution in [2.45, 2.75) is 58.8 Å². The number of thiophene rings is 1. The molecule has 7 nitrogen and oxygen atoms in total. The van der Waals surface area contributed by atoms with Gasteiger partial charge in [-0.1, -0.05) is 43.9 Å². The highest BCUT2D eigenvalue weighted by Gasteiger charge is 2.28. The molecule has 3 aromatic rings. The summed E-state index contributed by atoms with van der Waals surface area (Å²) in [6.45, 7) is 4.08. The monoisotopic (exact) mass is 515 g/mol. The Kier molecular flexibility index (Phi) is 8.23. The van der Waals surface area contributed by atoms with Crippen molar-refractivity contribution in [3.8, 4) is 5.69 Å². The van der Waals surface area contributed by atoms with Crippen molar-refractivity contribution >= 4 is 50.6 Å². The number of fused-ring (bicyclic) bond motifs is 1. The number of benzene rings is 1. The lowest BCUT2D eigenvalue weighted by Crippen LogP contribution is -2.28. The van der Waals surface area contributed by atoms with Crippen molar-refractivity contribution < 1.29 is 14.3 Å². The number of hydrogen-bond donors (Lipinski definition) is 1. The smallest absolute Gasteiger partial charge is 0.359 e. The Labute approximate surface area is 213 Å². The number of nitrogens with one attached hydrogen (secondary N) is 1. The average Bonchev–Trinajstić information content (AvgIpc) is 3.27. The van der Waals surface area contributed by atoms with Crippen LogP contribution in [0.3, 0.4) is 0 Å². The van der Waals surface area contributed by atoms with E-state index in [0.717, 1.165) is 30.4 Å². The van der Waals surface area contributed by atoms with Crippen molar-refractivity contribution in [2.75, 3.05) is 11.9 Å². The van der Waals surface area contributed by atoms with E-state index in [1.165, 1.54) is 30.6 Å². The van der Waals surface area contributed by atoms with E-state index in [9.17, 15) is 14.4 Å². The lowest BCUT2D eigenvalue weighted by molar-refractivity contribution is -0.121. The maximum Gasteiger partial charge on any atom is 0.359 e. The van der Waals surface area contributed by atoms with Crippen molar-refractivity contribution in [2.24, 2.45) is 11.8 Å².